The van der Waals surface area contributed by atoms with Crippen LogP contribution in [0.4, 0.5) is 0 Å². The SMILES string of the molecule is S=C1NCN(CCc2ccccn2)CN1. The van der Waals surface area contributed by atoms with E-state index in [-0.39, 0.29) is 0 Å². The molecule has 0 amide bonds. The zero-order valence-corrected chi connectivity index (χ0v) is 9.26. The zero-order valence-electron chi connectivity index (χ0n) is 8.44. The molecule has 0 atom stereocenters. The summed E-state index contributed by atoms with van der Waals surface area (Å²) in [6.07, 6.45) is 2.80. The van der Waals surface area contributed by atoms with Crippen LogP contribution in [0.2, 0.25) is 0 Å². The maximum Gasteiger partial charge on any atom is 0.168 e. The van der Waals surface area contributed by atoms with Crippen molar-refractivity contribution in [3.63, 3.8) is 0 Å². The van der Waals surface area contributed by atoms with Crippen LogP contribution in [0.5, 0.6) is 0 Å². The van der Waals surface area contributed by atoms with E-state index in [2.05, 4.69) is 26.6 Å². The fourth-order valence-electron chi connectivity index (χ4n) is 1.46. The van der Waals surface area contributed by atoms with Crippen molar-refractivity contribution in [2.45, 2.75) is 6.42 Å². The van der Waals surface area contributed by atoms with Crippen LogP contribution in [0, 0.1) is 0 Å². The molecule has 1 aliphatic heterocycles. The molecule has 1 aromatic rings. The van der Waals surface area contributed by atoms with E-state index in [1.165, 1.54) is 0 Å². The molecule has 0 bridgehead atoms. The third kappa shape index (κ3) is 3.14. The Balaban J connectivity index is 1.77. The normalized spacial score (nSPS) is 16.9. The molecule has 0 unspecified atom stereocenters. The van der Waals surface area contributed by atoms with Gasteiger partial charge in [0, 0.05) is 24.9 Å². The third-order valence-corrected chi connectivity index (χ3v) is 2.63. The average Bonchev–Trinajstić information content (AvgIpc) is 2.30. The summed E-state index contributed by atoms with van der Waals surface area (Å²) in [4.78, 5) is 6.54. The minimum Gasteiger partial charge on any atom is -0.350 e. The fraction of sp³-hybridized carbons (Fsp3) is 0.400. The Morgan fingerprint density at radius 3 is 2.80 bits per heavy atom. The largest absolute Gasteiger partial charge is 0.350 e. The molecule has 1 fully saturated rings. The van der Waals surface area contributed by atoms with Gasteiger partial charge in [0.25, 0.3) is 0 Å². The first-order valence-corrected chi connectivity index (χ1v) is 5.39. The van der Waals surface area contributed by atoms with Gasteiger partial charge in [-0.15, -0.1) is 0 Å². The lowest BCUT2D eigenvalue weighted by atomic mass is 10.2. The van der Waals surface area contributed by atoms with Crippen molar-refractivity contribution in [3.8, 4) is 0 Å². The van der Waals surface area contributed by atoms with E-state index in [1.54, 1.807) is 0 Å². The van der Waals surface area contributed by atoms with E-state index >= 15 is 0 Å². The Labute approximate surface area is 94.7 Å². The highest BCUT2D eigenvalue weighted by atomic mass is 32.1. The maximum absolute atomic E-state index is 4.97. The van der Waals surface area contributed by atoms with Gasteiger partial charge in [-0.25, -0.2) is 0 Å². The van der Waals surface area contributed by atoms with Gasteiger partial charge in [-0.05, 0) is 24.4 Å². The smallest absolute Gasteiger partial charge is 0.168 e. The standard InChI is InChI=1S/C10H14N4S/c15-10-12-7-14(8-13-10)6-4-9-3-1-2-5-11-9/h1-3,5H,4,6-8H2,(H2,12,13,15). The molecule has 1 saturated heterocycles. The Hall–Kier alpha value is -1.20. The van der Waals surface area contributed by atoms with Crippen molar-refractivity contribution in [1.29, 1.82) is 0 Å². The van der Waals surface area contributed by atoms with Crippen LogP contribution >= 0.6 is 12.2 Å². The quantitative estimate of drug-likeness (QED) is 0.721. The number of aromatic nitrogens is 1. The summed E-state index contributed by atoms with van der Waals surface area (Å²) in [5.74, 6) is 0. The molecule has 0 aliphatic carbocycles. The fourth-order valence-corrected chi connectivity index (χ4v) is 1.59. The van der Waals surface area contributed by atoms with Gasteiger partial charge in [0.15, 0.2) is 5.11 Å². The summed E-state index contributed by atoms with van der Waals surface area (Å²) >= 11 is 4.97. The summed E-state index contributed by atoms with van der Waals surface area (Å²) in [6.45, 7) is 2.62. The van der Waals surface area contributed by atoms with Crippen LogP contribution < -0.4 is 10.6 Å². The van der Waals surface area contributed by atoms with Gasteiger partial charge < -0.3 is 10.6 Å². The number of hydrogen-bond acceptors (Lipinski definition) is 3. The number of nitrogens with one attached hydrogen (secondary N) is 2. The van der Waals surface area contributed by atoms with E-state index in [4.69, 9.17) is 12.2 Å². The first kappa shape index (κ1) is 10.3. The van der Waals surface area contributed by atoms with Gasteiger partial charge in [0.1, 0.15) is 0 Å². The highest BCUT2D eigenvalue weighted by molar-refractivity contribution is 7.80. The Bertz CT molecular complexity index is 317. The molecule has 4 nitrogen and oxygen atoms in total. The second-order valence-electron chi connectivity index (χ2n) is 3.46. The van der Waals surface area contributed by atoms with E-state index < -0.39 is 0 Å². The number of thiocarbonyl (C=S) groups is 1. The molecule has 0 radical (unpaired) electrons. The van der Waals surface area contributed by atoms with Crippen molar-refractivity contribution in [2.75, 3.05) is 19.9 Å². The van der Waals surface area contributed by atoms with E-state index in [1.807, 2.05) is 18.3 Å². The molecular formula is C10H14N4S. The van der Waals surface area contributed by atoms with Gasteiger partial charge in [-0.2, -0.15) is 0 Å². The van der Waals surface area contributed by atoms with Gasteiger partial charge in [0.05, 0.1) is 13.3 Å². The Morgan fingerprint density at radius 1 is 1.33 bits per heavy atom. The monoisotopic (exact) mass is 222 g/mol. The molecule has 2 rings (SSSR count). The number of pyridine rings is 1. The first-order valence-electron chi connectivity index (χ1n) is 4.98. The molecule has 0 saturated carbocycles. The summed E-state index contributed by atoms with van der Waals surface area (Å²) in [7, 11) is 0. The van der Waals surface area contributed by atoms with Crippen LogP contribution in [0.15, 0.2) is 24.4 Å². The van der Waals surface area contributed by atoms with Crippen LogP contribution in [-0.4, -0.2) is 34.9 Å². The van der Waals surface area contributed by atoms with Gasteiger partial charge >= 0.3 is 0 Å². The lowest BCUT2D eigenvalue weighted by Gasteiger charge is -2.29. The highest BCUT2D eigenvalue weighted by Gasteiger charge is 2.10. The second-order valence-corrected chi connectivity index (χ2v) is 3.87. The number of nitrogens with zero attached hydrogens (tertiary/aromatic N) is 2. The van der Waals surface area contributed by atoms with Gasteiger partial charge in [-0.1, -0.05) is 6.07 Å². The molecule has 80 valence electrons. The van der Waals surface area contributed by atoms with Gasteiger partial charge in [-0.3, -0.25) is 9.88 Å². The molecule has 15 heavy (non-hydrogen) atoms. The predicted octanol–water partition coefficient (Wildman–Crippen LogP) is 0.319. The zero-order chi connectivity index (χ0) is 10.5. The van der Waals surface area contributed by atoms with E-state index in [0.717, 1.165) is 37.1 Å². The lowest BCUT2D eigenvalue weighted by molar-refractivity contribution is 0.247. The predicted molar refractivity (Wildman–Crippen MR) is 63.3 cm³/mol. The van der Waals surface area contributed by atoms with Crippen LogP contribution in [-0.2, 0) is 6.42 Å². The molecular weight excluding hydrogens is 208 g/mol. The molecule has 1 aromatic heterocycles. The van der Waals surface area contributed by atoms with Gasteiger partial charge in [0.2, 0.25) is 0 Å². The average molecular weight is 222 g/mol. The van der Waals surface area contributed by atoms with Crippen molar-refractivity contribution in [3.05, 3.63) is 30.1 Å². The molecule has 0 spiro atoms. The summed E-state index contributed by atoms with van der Waals surface area (Å²) in [5.41, 5.74) is 1.13. The highest BCUT2D eigenvalue weighted by Crippen LogP contribution is 1.97. The maximum atomic E-state index is 4.97. The minimum atomic E-state index is 0.740. The third-order valence-electron chi connectivity index (χ3n) is 2.34. The van der Waals surface area contributed by atoms with Crippen LogP contribution in [0.1, 0.15) is 5.69 Å². The molecule has 0 aromatic carbocycles. The van der Waals surface area contributed by atoms with Crippen molar-refractivity contribution in [1.82, 2.24) is 20.5 Å². The topological polar surface area (TPSA) is 40.2 Å². The van der Waals surface area contributed by atoms with E-state index in [9.17, 15) is 0 Å². The summed E-state index contributed by atoms with van der Waals surface area (Å²) in [6, 6.07) is 6.01. The lowest BCUT2D eigenvalue weighted by Crippen LogP contribution is -2.54. The second kappa shape index (κ2) is 5.04. The molecule has 2 heterocycles. The van der Waals surface area contributed by atoms with Crippen molar-refractivity contribution >= 4 is 17.3 Å². The molecule has 2 N–H and O–H groups in total. The summed E-state index contributed by atoms with van der Waals surface area (Å²) < 4.78 is 0. The molecule has 5 heteroatoms. The first-order chi connectivity index (χ1) is 7.34. The van der Waals surface area contributed by atoms with Crippen LogP contribution in [0.3, 0.4) is 0 Å². The van der Waals surface area contributed by atoms with Crippen molar-refractivity contribution in [2.24, 2.45) is 0 Å². The minimum absolute atomic E-state index is 0.740. The Kier molecular flexibility index (Phi) is 3.47. The van der Waals surface area contributed by atoms with E-state index in [0.29, 0.717) is 0 Å². The molecule has 1 aliphatic rings. The summed E-state index contributed by atoms with van der Waals surface area (Å²) in [5, 5.41) is 6.93. The van der Waals surface area contributed by atoms with Crippen LogP contribution in [0.25, 0.3) is 0 Å². The number of hydrogen-bond donors (Lipinski definition) is 2. The number of rotatable bonds is 3. The Morgan fingerprint density at radius 2 is 2.13 bits per heavy atom. The van der Waals surface area contributed by atoms with Crippen molar-refractivity contribution < 1.29 is 0 Å².